The average molecular weight is 409 g/mol. The molecule has 0 fully saturated rings. The van der Waals surface area contributed by atoms with Crippen molar-refractivity contribution in [3.8, 4) is 34.1 Å². The van der Waals surface area contributed by atoms with Crippen molar-refractivity contribution in [3.63, 3.8) is 0 Å². The van der Waals surface area contributed by atoms with Gasteiger partial charge in [-0.3, -0.25) is 0 Å². The fraction of sp³-hybridized carbons (Fsp3) is 0.391. The molecule has 0 saturated carbocycles. The number of benzene rings is 2. The number of hydrogen-bond acceptors (Lipinski definition) is 7. The standard InChI is InChI=1S/C23H27N3O4/c1-14-16(15-8-9-19-20(12-15)28-11-10-27-19)6-5-7-17(14)21-25-26-22(30-21)18(24)13-29-23(2,3)4/h5-9,12,18H,10-11,13,24H2,1-4H3/t18-/m1/s1. The topological polar surface area (TPSA) is 92.6 Å². The van der Waals surface area contributed by atoms with Crippen LogP contribution in [-0.2, 0) is 4.74 Å². The Morgan fingerprint density at radius 2 is 1.77 bits per heavy atom. The van der Waals surface area contributed by atoms with Gasteiger partial charge in [-0.05, 0) is 62.6 Å². The lowest BCUT2D eigenvalue weighted by molar-refractivity contribution is -0.0129. The van der Waals surface area contributed by atoms with Gasteiger partial charge in [-0.25, -0.2) is 0 Å². The van der Waals surface area contributed by atoms with Crippen molar-refractivity contribution in [3.05, 3.63) is 47.9 Å². The Hall–Kier alpha value is -2.90. The molecule has 2 N–H and O–H groups in total. The summed E-state index contributed by atoms with van der Waals surface area (Å²) in [6, 6.07) is 11.5. The fourth-order valence-electron chi connectivity index (χ4n) is 3.30. The highest BCUT2D eigenvalue weighted by Gasteiger charge is 2.21. The van der Waals surface area contributed by atoms with Gasteiger partial charge in [0.1, 0.15) is 19.3 Å². The first-order valence-electron chi connectivity index (χ1n) is 10.0. The molecule has 1 aliphatic rings. The van der Waals surface area contributed by atoms with Crippen molar-refractivity contribution in [2.75, 3.05) is 19.8 Å². The summed E-state index contributed by atoms with van der Waals surface area (Å²) in [4.78, 5) is 0. The van der Waals surface area contributed by atoms with Crippen LogP contribution in [0.15, 0.2) is 40.8 Å². The van der Waals surface area contributed by atoms with Crippen LogP contribution in [0.25, 0.3) is 22.6 Å². The van der Waals surface area contributed by atoms with Crippen LogP contribution in [0.4, 0.5) is 0 Å². The van der Waals surface area contributed by atoms with E-state index in [-0.39, 0.29) is 5.60 Å². The van der Waals surface area contributed by atoms with Crippen LogP contribution < -0.4 is 15.2 Å². The maximum Gasteiger partial charge on any atom is 0.248 e. The molecular formula is C23H27N3O4. The molecule has 3 aromatic rings. The zero-order valence-electron chi connectivity index (χ0n) is 17.8. The van der Waals surface area contributed by atoms with Crippen molar-refractivity contribution < 1.29 is 18.6 Å². The second-order valence-electron chi connectivity index (χ2n) is 8.31. The molecule has 30 heavy (non-hydrogen) atoms. The second kappa shape index (κ2) is 8.08. The summed E-state index contributed by atoms with van der Waals surface area (Å²) in [6.45, 7) is 9.40. The van der Waals surface area contributed by atoms with Crippen molar-refractivity contribution >= 4 is 0 Å². The number of nitrogens with two attached hydrogens (primary N) is 1. The Kier molecular flexibility index (Phi) is 5.49. The lowest BCUT2D eigenvalue weighted by Gasteiger charge is -2.21. The molecule has 0 bridgehead atoms. The summed E-state index contributed by atoms with van der Waals surface area (Å²) in [5, 5.41) is 8.36. The van der Waals surface area contributed by atoms with Gasteiger partial charge in [0, 0.05) is 5.56 Å². The van der Waals surface area contributed by atoms with E-state index >= 15 is 0 Å². The molecule has 158 valence electrons. The number of hydrogen-bond donors (Lipinski definition) is 1. The minimum absolute atomic E-state index is 0.283. The highest BCUT2D eigenvalue weighted by atomic mass is 16.6. The molecule has 1 atom stereocenters. The molecule has 0 spiro atoms. The minimum atomic E-state index is -0.480. The third kappa shape index (κ3) is 4.32. The quantitative estimate of drug-likeness (QED) is 0.671. The molecule has 7 heteroatoms. The molecule has 0 radical (unpaired) electrons. The lowest BCUT2D eigenvalue weighted by Crippen LogP contribution is -2.26. The maximum absolute atomic E-state index is 6.17. The summed E-state index contributed by atoms with van der Waals surface area (Å²) in [5.41, 5.74) is 9.88. The number of ether oxygens (including phenoxy) is 3. The second-order valence-corrected chi connectivity index (χ2v) is 8.31. The zero-order chi connectivity index (χ0) is 21.3. The molecule has 0 saturated heterocycles. The summed E-state index contributed by atoms with van der Waals surface area (Å²) < 4.78 is 23.0. The maximum atomic E-state index is 6.17. The lowest BCUT2D eigenvalue weighted by atomic mass is 9.96. The van der Waals surface area contributed by atoms with Gasteiger partial charge >= 0.3 is 0 Å². The summed E-state index contributed by atoms with van der Waals surface area (Å²) in [7, 11) is 0. The van der Waals surface area contributed by atoms with E-state index in [0.29, 0.717) is 31.6 Å². The van der Waals surface area contributed by atoms with E-state index in [2.05, 4.69) is 16.3 Å². The van der Waals surface area contributed by atoms with Gasteiger partial charge in [0.25, 0.3) is 0 Å². The van der Waals surface area contributed by atoms with E-state index in [9.17, 15) is 0 Å². The van der Waals surface area contributed by atoms with Crippen molar-refractivity contribution in [2.24, 2.45) is 5.73 Å². The summed E-state index contributed by atoms with van der Waals surface area (Å²) in [5.74, 6) is 2.33. The number of nitrogens with zero attached hydrogens (tertiary/aromatic N) is 2. The molecule has 4 rings (SSSR count). The van der Waals surface area contributed by atoms with Crippen molar-refractivity contribution in [1.29, 1.82) is 0 Å². The van der Waals surface area contributed by atoms with Gasteiger partial charge in [0.2, 0.25) is 11.8 Å². The third-order valence-corrected chi connectivity index (χ3v) is 4.87. The summed E-state index contributed by atoms with van der Waals surface area (Å²) >= 11 is 0. The average Bonchev–Trinajstić information content (AvgIpc) is 3.21. The van der Waals surface area contributed by atoms with Crippen LogP contribution >= 0.6 is 0 Å². The van der Waals surface area contributed by atoms with Gasteiger partial charge in [0.05, 0.1) is 12.2 Å². The van der Waals surface area contributed by atoms with Gasteiger partial charge in [-0.2, -0.15) is 0 Å². The van der Waals surface area contributed by atoms with E-state index in [0.717, 1.165) is 33.8 Å². The van der Waals surface area contributed by atoms with E-state index < -0.39 is 6.04 Å². The van der Waals surface area contributed by atoms with Crippen LogP contribution in [0.1, 0.15) is 38.3 Å². The van der Waals surface area contributed by atoms with E-state index in [1.807, 2.05) is 58.0 Å². The molecule has 2 aromatic carbocycles. The molecule has 2 heterocycles. The first-order chi connectivity index (χ1) is 14.3. The molecule has 1 aromatic heterocycles. The molecule has 1 aliphatic heterocycles. The highest BCUT2D eigenvalue weighted by molar-refractivity contribution is 5.76. The fourth-order valence-corrected chi connectivity index (χ4v) is 3.30. The Bertz CT molecular complexity index is 1040. The van der Waals surface area contributed by atoms with Crippen LogP contribution in [0.3, 0.4) is 0 Å². The van der Waals surface area contributed by atoms with E-state index in [1.54, 1.807) is 0 Å². The Morgan fingerprint density at radius 1 is 1.03 bits per heavy atom. The van der Waals surface area contributed by atoms with E-state index in [1.165, 1.54) is 0 Å². The van der Waals surface area contributed by atoms with Crippen molar-refractivity contribution in [1.82, 2.24) is 10.2 Å². The Balaban J connectivity index is 1.60. The molecule has 0 aliphatic carbocycles. The zero-order valence-corrected chi connectivity index (χ0v) is 17.8. The monoisotopic (exact) mass is 409 g/mol. The molecule has 0 amide bonds. The number of rotatable bonds is 5. The molecule has 0 unspecified atom stereocenters. The van der Waals surface area contributed by atoms with E-state index in [4.69, 9.17) is 24.4 Å². The first-order valence-corrected chi connectivity index (χ1v) is 10.0. The first kappa shape index (κ1) is 20.4. The van der Waals surface area contributed by atoms with Crippen LogP contribution in [-0.4, -0.2) is 35.6 Å². The van der Waals surface area contributed by atoms with Gasteiger partial charge in [-0.15, -0.1) is 10.2 Å². The predicted molar refractivity (Wildman–Crippen MR) is 114 cm³/mol. The molecule has 7 nitrogen and oxygen atoms in total. The predicted octanol–water partition coefficient (Wildman–Crippen LogP) is 4.30. The van der Waals surface area contributed by atoms with Gasteiger partial charge < -0.3 is 24.4 Å². The normalized spacial score (nSPS) is 14.6. The van der Waals surface area contributed by atoms with Crippen molar-refractivity contribution in [2.45, 2.75) is 39.3 Å². The Morgan fingerprint density at radius 3 is 2.53 bits per heavy atom. The smallest absolute Gasteiger partial charge is 0.248 e. The summed E-state index contributed by atoms with van der Waals surface area (Å²) in [6.07, 6.45) is 0. The largest absolute Gasteiger partial charge is 0.486 e. The van der Waals surface area contributed by atoms with Crippen LogP contribution in [0.5, 0.6) is 11.5 Å². The highest BCUT2D eigenvalue weighted by Crippen LogP contribution is 2.37. The van der Waals surface area contributed by atoms with Gasteiger partial charge in [-0.1, -0.05) is 18.2 Å². The minimum Gasteiger partial charge on any atom is -0.486 e. The number of fused-ring (bicyclic) bond motifs is 1. The van der Waals surface area contributed by atoms with Crippen LogP contribution in [0, 0.1) is 6.92 Å². The Labute approximate surface area is 176 Å². The number of aromatic nitrogens is 2. The third-order valence-electron chi connectivity index (χ3n) is 4.87. The van der Waals surface area contributed by atoms with Crippen LogP contribution in [0.2, 0.25) is 0 Å². The SMILES string of the molecule is Cc1c(-c2ccc3c(c2)OCCO3)cccc1-c1nnc([C@H](N)COC(C)(C)C)o1. The molecular weight excluding hydrogens is 382 g/mol. The van der Waals surface area contributed by atoms with Gasteiger partial charge in [0.15, 0.2) is 11.5 Å².